The Morgan fingerprint density at radius 2 is 2.00 bits per heavy atom. The van der Waals surface area contributed by atoms with E-state index in [2.05, 4.69) is 42.0 Å². The Balaban J connectivity index is 1.92. The highest BCUT2D eigenvalue weighted by molar-refractivity contribution is 9.10. The molecule has 1 aromatic heterocycles. The van der Waals surface area contributed by atoms with Gasteiger partial charge in [-0.05, 0) is 51.5 Å². The van der Waals surface area contributed by atoms with Gasteiger partial charge < -0.3 is 14.5 Å². The van der Waals surface area contributed by atoms with E-state index in [1.165, 1.54) is 0 Å². The van der Waals surface area contributed by atoms with Crippen LogP contribution in [0.1, 0.15) is 37.7 Å². The molecule has 0 aliphatic carbocycles. The second kappa shape index (κ2) is 6.67. The van der Waals surface area contributed by atoms with Crippen LogP contribution in [-0.2, 0) is 13.2 Å². The van der Waals surface area contributed by atoms with Gasteiger partial charge in [0.05, 0.1) is 6.26 Å². The maximum Gasteiger partial charge on any atom is 0.146 e. The molecule has 0 spiro atoms. The van der Waals surface area contributed by atoms with Gasteiger partial charge in [-0.15, -0.1) is 0 Å². The van der Waals surface area contributed by atoms with Crippen molar-refractivity contribution in [3.63, 3.8) is 0 Å². The first kappa shape index (κ1) is 16.1. The van der Waals surface area contributed by atoms with Crippen LogP contribution in [0.15, 0.2) is 39.4 Å². The molecule has 3 nitrogen and oxygen atoms in total. The van der Waals surface area contributed by atoms with Crippen molar-refractivity contribution in [3.05, 3.63) is 51.9 Å². The molecule has 0 saturated carbocycles. The predicted octanol–water partition coefficient (Wildman–Crippen LogP) is 4.82. The quantitative estimate of drug-likeness (QED) is 0.838. The molecule has 1 heterocycles. The van der Waals surface area contributed by atoms with Gasteiger partial charge in [-0.25, -0.2) is 0 Å². The average molecular weight is 352 g/mol. The first-order valence-corrected chi connectivity index (χ1v) is 7.83. The van der Waals surface area contributed by atoms with Crippen molar-refractivity contribution in [1.82, 2.24) is 5.32 Å². The van der Waals surface area contributed by atoms with E-state index in [0.717, 1.165) is 33.7 Å². The Morgan fingerprint density at radius 3 is 2.71 bits per heavy atom. The lowest BCUT2D eigenvalue weighted by Crippen LogP contribution is -2.34. The second-order valence-corrected chi connectivity index (χ2v) is 7.14. The SMILES string of the molecule is Cc1ccc(Br)cc1OCc1cc(CNC(C)(C)C)co1. The molecule has 0 aliphatic rings. The lowest BCUT2D eigenvalue weighted by Gasteiger charge is -2.19. The highest BCUT2D eigenvalue weighted by atomic mass is 79.9. The molecule has 0 amide bonds. The third-order valence-corrected chi connectivity index (χ3v) is 3.54. The van der Waals surface area contributed by atoms with Crippen molar-refractivity contribution in [3.8, 4) is 5.75 Å². The van der Waals surface area contributed by atoms with Crippen molar-refractivity contribution in [2.75, 3.05) is 0 Å². The predicted molar refractivity (Wildman–Crippen MR) is 88.5 cm³/mol. The number of halogens is 1. The molecule has 114 valence electrons. The Bertz CT molecular complexity index is 599. The van der Waals surface area contributed by atoms with Crippen LogP contribution in [0.2, 0.25) is 0 Å². The van der Waals surface area contributed by atoms with E-state index < -0.39 is 0 Å². The van der Waals surface area contributed by atoms with Crippen LogP contribution in [0, 0.1) is 6.92 Å². The molecular weight excluding hydrogens is 330 g/mol. The number of hydrogen-bond donors (Lipinski definition) is 1. The van der Waals surface area contributed by atoms with E-state index in [1.807, 2.05) is 31.2 Å². The molecule has 2 aromatic rings. The zero-order chi connectivity index (χ0) is 15.5. The van der Waals surface area contributed by atoms with Crippen molar-refractivity contribution in [2.45, 2.75) is 46.4 Å². The van der Waals surface area contributed by atoms with Crippen molar-refractivity contribution >= 4 is 15.9 Å². The molecule has 0 atom stereocenters. The number of furan rings is 1. The molecule has 1 aromatic carbocycles. The number of ether oxygens (including phenoxy) is 1. The van der Waals surface area contributed by atoms with Crippen molar-refractivity contribution in [2.24, 2.45) is 0 Å². The van der Waals surface area contributed by atoms with Crippen LogP contribution in [0.3, 0.4) is 0 Å². The number of benzene rings is 1. The Hall–Kier alpha value is -1.26. The minimum Gasteiger partial charge on any atom is -0.485 e. The Kier molecular flexibility index (Phi) is 5.12. The monoisotopic (exact) mass is 351 g/mol. The van der Waals surface area contributed by atoms with E-state index in [-0.39, 0.29) is 5.54 Å². The van der Waals surface area contributed by atoms with Crippen molar-refractivity contribution < 1.29 is 9.15 Å². The highest BCUT2D eigenvalue weighted by Gasteiger charge is 2.10. The van der Waals surface area contributed by atoms with Gasteiger partial charge >= 0.3 is 0 Å². The van der Waals surface area contributed by atoms with Gasteiger partial charge in [-0.3, -0.25) is 0 Å². The van der Waals surface area contributed by atoms with Gasteiger partial charge in [-0.1, -0.05) is 22.0 Å². The van der Waals surface area contributed by atoms with Gasteiger partial charge in [0.15, 0.2) is 0 Å². The normalized spacial score (nSPS) is 11.7. The summed E-state index contributed by atoms with van der Waals surface area (Å²) in [6.07, 6.45) is 1.78. The van der Waals surface area contributed by atoms with Gasteiger partial charge in [-0.2, -0.15) is 0 Å². The summed E-state index contributed by atoms with van der Waals surface area (Å²) in [6.45, 7) is 9.70. The standard InChI is InChI=1S/C17H22BrNO2/c1-12-5-6-14(18)8-16(12)21-11-15-7-13(10-20-15)9-19-17(2,3)4/h5-8,10,19H,9,11H2,1-4H3. The van der Waals surface area contributed by atoms with Crippen LogP contribution in [0.4, 0.5) is 0 Å². The molecule has 0 fully saturated rings. The first-order chi connectivity index (χ1) is 9.83. The third-order valence-electron chi connectivity index (χ3n) is 3.05. The van der Waals surface area contributed by atoms with Crippen LogP contribution in [-0.4, -0.2) is 5.54 Å². The zero-order valence-electron chi connectivity index (χ0n) is 13.0. The summed E-state index contributed by atoms with van der Waals surface area (Å²) in [5.41, 5.74) is 2.34. The van der Waals surface area contributed by atoms with E-state index in [9.17, 15) is 0 Å². The van der Waals surface area contributed by atoms with Crippen LogP contribution in [0.5, 0.6) is 5.75 Å². The van der Waals surface area contributed by atoms with Crippen molar-refractivity contribution in [1.29, 1.82) is 0 Å². The zero-order valence-corrected chi connectivity index (χ0v) is 14.6. The van der Waals surface area contributed by atoms with Crippen LogP contribution in [0.25, 0.3) is 0 Å². The molecule has 4 heteroatoms. The summed E-state index contributed by atoms with van der Waals surface area (Å²) < 4.78 is 12.4. The number of hydrogen-bond acceptors (Lipinski definition) is 3. The Labute approximate surface area is 134 Å². The van der Waals surface area contributed by atoms with Gasteiger partial charge in [0.25, 0.3) is 0 Å². The molecule has 0 unspecified atom stereocenters. The van der Waals surface area contributed by atoms with E-state index in [4.69, 9.17) is 9.15 Å². The maximum atomic E-state index is 5.82. The summed E-state index contributed by atoms with van der Waals surface area (Å²) in [5, 5.41) is 3.43. The fourth-order valence-electron chi connectivity index (χ4n) is 1.84. The Morgan fingerprint density at radius 1 is 1.24 bits per heavy atom. The van der Waals surface area contributed by atoms with Gasteiger partial charge in [0, 0.05) is 22.1 Å². The lowest BCUT2D eigenvalue weighted by atomic mass is 10.1. The molecule has 2 rings (SSSR count). The summed E-state index contributed by atoms with van der Waals surface area (Å²) in [6, 6.07) is 8.04. The van der Waals surface area contributed by atoms with Crippen LogP contribution >= 0.6 is 15.9 Å². The molecule has 21 heavy (non-hydrogen) atoms. The highest BCUT2D eigenvalue weighted by Crippen LogP contribution is 2.24. The lowest BCUT2D eigenvalue weighted by molar-refractivity contribution is 0.268. The van der Waals surface area contributed by atoms with E-state index >= 15 is 0 Å². The average Bonchev–Trinajstić information content (AvgIpc) is 2.85. The molecule has 0 aliphatic heterocycles. The second-order valence-electron chi connectivity index (χ2n) is 6.22. The van der Waals surface area contributed by atoms with Gasteiger partial charge in [0.1, 0.15) is 18.1 Å². The largest absolute Gasteiger partial charge is 0.485 e. The summed E-state index contributed by atoms with van der Waals surface area (Å²) >= 11 is 3.45. The van der Waals surface area contributed by atoms with Gasteiger partial charge in [0.2, 0.25) is 0 Å². The first-order valence-electron chi connectivity index (χ1n) is 7.04. The number of aryl methyl sites for hydroxylation is 1. The minimum atomic E-state index is 0.0986. The van der Waals surface area contributed by atoms with Crippen LogP contribution < -0.4 is 10.1 Å². The fraction of sp³-hybridized carbons (Fsp3) is 0.412. The number of rotatable bonds is 5. The maximum absolute atomic E-state index is 5.82. The minimum absolute atomic E-state index is 0.0986. The molecular formula is C17H22BrNO2. The smallest absolute Gasteiger partial charge is 0.146 e. The molecule has 1 N–H and O–H groups in total. The van der Waals surface area contributed by atoms with E-state index in [0.29, 0.717) is 6.61 Å². The third kappa shape index (κ3) is 5.21. The van der Waals surface area contributed by atoms with E-state index in [1.54, 1.807) is 6.26 Å². The molecule has 0 saturated heterocycles. The summed E-state index contributed by atoms with van der Waals surface area (Å²) in [7, 11) is 0. The summed E-state index contributed by atoms with van der Waals surface area (Å²) in [4.78, 5) is 0. The number of nitrogens with one attached hydrogen (secondary N) is 1. The molecule has 0 radical (unpaired) electrons. The topological polar surface area (TPSA) is 34.4 Å². The fourth-order valence-corrected chi connectivity index (χ4v) is 2.18. The molecule has 0 bridgehead atoms. The summed E-state index contributed by atoms with van der Waals surface area (Å²) in [5.74, 6) is 1.70.